The molecule has 1 aromatic carbocycles. The van der Waals surface area contributed by atoms with E-state index in [4.69, 9.17) is 12.2 Å². The van der Waals surface area contributed by atoms with Gasteiger partial charge in [-0.25, -0.2) is 0 Å². The third-order valence-corrected chi connectivity index (χ3v) is 2.58. The summed E-state index contributed by atoms with van der Waals surface area (Å²) in [7, 11) is 0. The fourth-order valence-corrected chi connectivity index (χ4v) is 1.63. The standard InChI is InChI=1S/C13H17N3O2S/c1-4-12(18)16-13(19)15-10-6-5-8(2)11(7-10)14-9(3)17/h5-7H,4H2,1-3H3,(H,14,17)(H2,15,16,18,19). The third-order valence-electron chi connectivity index (χ3n) is 2.38. The van der Waals surface area contributed by atoms with Crippen molar-refractivity contribution < 1.29 is 9.59 Å². The average molecular weight is 279 g/mol. The second kappa shape index (κ2) is 6.84. The maximum atomic E-state index is 11.2. The number of hydrogen-bond donors (Lipinski definition) is 3. The zero-order valence-corrected chi connectivity index (χ0v) is 12.0. The van der Waals surface area contributed by atoms with Crippen LogP contribution in [0, 0.1) is 6.92 Å². The first-order chi connectivity index (χ1) is 8.92. The van der Waals surface area contributed by atoms with Crippen molar-refractivity contribution in [2.24, 2.45) is 0 Å². The Hall–Kier alpha value is -1.95. The molecule has 0 aromatic heterocycles. The summed E-state index contributed by atoms with van der Waals surface area (Å²) in [6.45, 7) is 5.09. The Morgan fingerprint density at radius 1 is 1.26 bits per heavy atom. The van der Waals surface area contributed by atoms with E-state index in [9.17, 15) is 9.59 Å². The van der Waals surface area contributed by atoms with E-state index < -0.39 is 0 Å². The van der Waals surface area contributed by atoms with Crippen LogP contribution >= 0.6 is 12.2 Å². The van der Waals surface area contributed by atoms with Gasteiger partial charge in [-0.3, -0.25) is 9.59 Å². The molecule has 0 aliphatic heterocycles. The second-order valence-electron chi connectivity index (χ2n) is 4.07. The lowest BCUT2D eigenvalue weighted by Crippen LogP contribution is -2.33. The summed E-state index contributed by atoms with van der Waals surface area (Å²) in [5, 5.41) is 8.41. The monoisotopic (exact) mass is 279 g/mol. The Morgan fingerprint density at radius 2 is 1.95 bits per heavy atom. The minimum absolute atomic E-state index is 0.137. The number of amides is 2. The van der Waals surface area contributed by atoms with Crippen LogP contribution in [-0.4, -0.2) is 16.9 Å². The van der Waals surface area contributed by atoms with Crippen LogP contribution < -0.4 is 16.0 Å². The first-order valence-electron chi connectivity index (χ1n) is 5.91. The molecule has 0 saturated heterocycles. The van der Waals surface area contributed by atoms with Crippen molar-refractivity contribution in [2.75, 3.05) is 10.6 Å². The number of anilines is 2. The Bertz CT molecular complexity index is 515. The molecular weight excluding hydrogens is 262 g/mol. The van der Waals surface area contributed by atoms with Crippen molar-refractivity contribution >= 4 is 40.5 Å². The first-order valence-corrected chi connectivity index (χ1v) is 6.32. The van der Waals surface area contributed by atoms with E-state index in [1.165, 1.54) is 6.92 Å². The molecule has 1 aromatic rings. The molecule has 0 saturated carbocycles. The van der Waals surface area contributed by atoms with Crippen LogP contribution in [0.25, 0.3) is 0 Å². The van der Waals surface area contributed by atoms with E-state index >= 15 is 0 Å². The van der Waals surface area contributed by atoms with Gasteiger partial charge in [0, 0.05) is 24.7 Å². The number of aryl methyl sites for hydroxylation is 1. The van der Waals surface area contributed by atoms with Gasteiger partial charge in [-0.2, -0.15) is 0 Å². The van der Waals surface area contributed by atoms with Gasteiger partial charge in [0.05, 0.1) is 0 Å². The van der Waals surface area contributed by atoms with Gasteiger partial charge in [-0.05, 0) is 36.8 Å². The summed E-state index contributed by atoms with van der Waals surface area (Å²) < 4.78 is 0. The highest BCUT2D eigenvalue weighted by atomic mass is 32.1. The Balaban J connectivity index is 2.76. The molecule has 3 N–H and O–H groups in total. The quantitative estimate of drug-likeness (QED) is 0.742. The van der Waals surface area contributed by atoms with Crippen molar-refractivity contribution in [1.82, 2.24) is 5.32 Å². The largest absolute Gasteiger partial charge is 0.332 e. The van der Waals surface area contributed by atoms with Crippen LogP contribution in [0.3, 0.4) is 0 Å². The molecule has 0 atom stereocenters. The molecule has 19 heavy (non-hydrogen) atoms. The number of benzene rings is 1. The molecule has 0 heterocycles. The predicted octanol–water partition coefficient (Wildman–Crippen LogP) is 2.18. The van der Waals surface area contributed by atoms with E-state index in [0.29, 0.717) is 17.8 Å². The minimum atomic E-state index is -0.147. The highest BCUT2D eigenvalue weighted by molar-refractivity contribution is 7.80. The van der Waals surface area contributed by atoms with Crippen LogP contribution in [0.4, 0.5) is 11.4 Å². The van der Waals surface area contributed by atoms with Gasteiger partial charge in [0.15, 0.2) is 5.11 Å². The second-order valence-corrected chi connectivity index (χ2v) is 4.47. The van der Waals surface area contributed by atoms with E-state index in [1.54, 1.807) is 13.0 Å². The molecule has 0 fully saturated rings. The van der Waals surface area contributed by atoms with Crippen LogP contribution in [0.15, 0.2) is 18.2 Å². The van der Waals surface area contributed by atoms with E-state index in [2.05, 4.69) is 16.0 Å². The van der Waals surface area contributed by atoms with Gasteiger partial charge in [0.2, 0.25) is 11.8 Å². The number of nitrogens with one attached hydrogen (secondary N) is 3. The SMILES string of the molecule is CCC(=O)NC(=S)Nc1ccc(C)c(NC(C)=O)c1. The van der Waals surface area contributed by atoms with Crippen molar-refractivity contribution in [2.45, 2.75) is 27.2 Å². The van der Waals surface area contributed by atoms with Crippen molar-refractivity contribution in [1.29, 1.82) is 0 Å². The van der Waals surface area contributed by atoms with Gasteiger partial charge in [-0.15, -0.1) is 0 Å². The molecule has 5 nitrogen and oxygen atoms in total. The molecule has 2 amide bonds. The van der Waals surface area contributed by atoms with Crippen molar-refractivity contribution in [3.63, 3.8) is 0 Å². The van der Waals surface area contributed by atoms with Crippen LogP contribution in [0.5, 0.6) is 0 Å². The lowest BCUT2D eigenvalue weighted by Gasteiger charge is -2.12. The van der Waals surface area contributed by atoms with Gasteiger partial charge in [-0.1, -0.05) is 13.0 Å². The maximum Gasteiger partial charge on any atom is 0.225 e. The summed E-state index contributed by atoms with van der Waals surface area (Å²) in [5.74, 6) is -0.284. The number of carbonyl (C=O) groups excluding carboxylic acids is 2. The number of rotatable bonds is 3. The first kappa shape index (κ1) is 15.1. The fourth-order valence-electron chi connectivity index (χ4n) is 1.40. The topological polar surface area (TPSA) is 70.2 Å². The highest BCUT2D eigenvalue weighted by Gasteiger charge is 2.05. The van der Waals surface area contributed by atoms with E-state index in [-0.39, 0.29) is 16.9 Å². The molecule has 6 heteroatoms. The smallest absolute Gasteiger partial charge is 0.225 e. The van der Waals surface area contributed by atoms with Crippen LogP contribution in [0.2, 0.25) is 0 Å². The van der Waals surface area contributed by atoms with Crippen LogP contribution in [-0.2, 0) is 9.59 Å². The average Bonchev–Trinajstić information content (AvgIpc) is 2.32. The molecule has 0 aliphatic carbocycles. The predicted molar refractivity (Wildman–Crippen MR) is 80.1 cm³/mol. The molecular formula is C13H17N3O2S. The van der Waals surface area contributed by atoms with E-state index in [0.717, 1.165) is 5.56 Å². The molecule has 102 valence electrons. The Labute approximate surface area is 117 Å². The zero-order chi connectivity index (χ0) is 14.4. The fraction of sp³-hybridized carbons (Fsp3) is 0.308. The summed E-state index contributed by atoms with van der Waals surface area (Å²) in [6.07, 6.45) is 0.368. The summed E-state index contributed by atoms with van der Waals surface area (Å²) in [5.41, 5.74) is 2.36. The minimum Gasteiger partial charge on any atom is -0.332 e. The van der Waals surface area contributed by atoms with Gasteiger partial charge in [0.25, 0.3) is 0 Å². The number of carbonyl (C=O) groups is 2. The summed E-state index contributed by atoms with van der Waals surface area (Å²) in [6, 6.07) is 5.45. The lowest BCUT2D eigenvalue weighted by atomic mass is 10.2. The summed E-state index contributed by atoms with van der Waals surface area (Å²) >= 11 is 5.01. The maximum absolute atomic E-state index is 11.2. The molecule has 0 aliphatic rings. The van der Waals surface area contributed by atoms with Crippen LogP contribution in [0.1, 0.15) is 25.8 Å². The highest BCUT2D eigenvalue weighted by Crippen LogP contribution is 2.20. The Kier molecular flexibility index (Phi) is 5.44. The lowest BCUT2D eigenvalue weighted by molar-refractivity contribution is -0.119. The molecule has 0 radical (unpaired) electrons. The van der Waals surface area contributed by atoms with Gasteiger partial charge < -0.3 is 16.0 Å². The van der Waals surface area contributed by atoms with Crippen molar-refractivity contribution in [3.05, 3.63) is 23.8 Å². The number of hydrogen-bond acceptors (Lipinski definition) is 3. The number of thiocarbonyl (C=S) groups is 1. The van der Waals surface area contributed by atoms with Crippen molar-refractivity contribution in [3.8, 4) is 0 Å². The Morgan fingerprint density at radius 3 is 2.53 bits per heavy atom. The van der Waals surface area contributed by atoms with Gasteiger partial charge >= 0.3 is 0 Å². The zero-order valence-electron chi connectivity index (χ0n) is 11.2. The molecule has 0 unspecified atom stereocenters. The molecule has 0 bridgehead atoms. The third kappa shape index (κ3) is 5.05. The van der Waals surface area contributed by atoms with Gasteiger partial charge in [0.1, 0.15) is 0 Å². The normalized spacial score (nSPS) is 9.63. The summed E-state index contributed by atoms with van der Waals surface area (Å²) in [4.78, 5) is 22.3. The molecule has 1 rings (SSSR count). The molecule has 0 spiro atoms. The van der Waals surface area contributed by atoms with E-state index in [1.807, 2.05) is 19.1 Å².